The molecule has 0 unspecified atom stereocenters. The molecule has 0 bridgehead atoms. The Hall–Kier alpha value is -3.79. The van der Waals surface area contributed by atoms with Crippen molar-refractivity contribution in [3.8, 4) is 10.4 Å². The SMILES string of the molecule is CNc1ccc([N+](=O)[O-])cc1C(=O)NNC(=O)c1ccc(-c2ccc(F)cc2)s1. The number of anilines is 1. The highest BCUT2D eigenvalue weighted by Crippen LogP contribution is 2.28. The van der Waals surface area contributed by atoms with E-state index in [9.17, 15) is 24.1 Å². The fourth-order valence-electron chi connectivity index (χ4n) is 2.52. The molecule has 148 valence electrons. The molecule has 0 radical (unpaired) electrons. The Morgan fingerprint density at radius 2 is 1.69 bits per heavy atom. The summed E-state index contributed by atoms with van der Waals surface area (Å²) in [5.41, 5.74) is 5.43. The van der Waals surface area contributed by atoms with E-state index in [0.717, 1.165) is 16.5 Å². The third-order valence-corrected chi connectivity index (χ3v) is 5.11. The fraction of sp³-hybridized carbons (Fsp3) is 0.0526. The number of non-ortho nitro benzene ring substituents is 1. The molecule has 2 aromatic carbocycles. The monoisotopic (exact) mass is 414 g/mol. The third-order valence-electron chi connectivity index (χ3n) is 3.98. The largest absolute Gasteiger partial charge is 0.387 e. The lowest BCUT2D eigenvalue weighted by molar-refractivity contribution is -0.384. The summed E-state index contributed by atoms with van der Waals surface area (Å²) in [6.07, 6.45) is 0. The minimum atomic E-state index is -0.707. The average Bonchev–Trinajstić information content (AvgIpc) is 3.22. The van der Waals surface area contributed by atoms with Crippen LogP contribution in [-0.4, -0.2) is 23.8 Å². The molecule has 8 nitrogen and oxygen atoms in total. The van der Waals surface area contributed by atoms with Gasteiger partial charge in [-0.1, -0.05) is 12.1 Å². The van der Waals surface area contributed by atoms with Crippen LogP contribution in [0.25, 0.3) is 10.4 Å². The summed E-state index contributed by atoms with van der Waals surface area (Å²) in [5, 5.41) is 13.7. The first-order valence-electron chi connectivity index (χ1n) is 8.31. The van der Waals surface area contributed by atoms with Gasteiger partial charge in [0.2, 0.25) is 0 Å². The summed E-state index contributed by atoms with van der Waals surface area (Å²) >= 11 is 1.17. The number of nitrogens with one attached hydrogen (secondary N) is 3. The Kier molecular flexibility index (Phi) is 5.84. The molecule has 3 aromatic rings. The van der Waals surface area contributed by atoms with E-state index < -0.39 is 16.7 Å². The van der Waals surface area contributed by atoms with E-state index in [1.807, 2.05) is 0 Å². The fourth-order valence-corrected chi connectivity index (χ4v) is 3.43. The van der Waals surface area contributed by atoms with E-state index in [0.29, 0.717) is 10.6 Å². The number of benzene rings is 2. The summed E-state index contributed by atoms with van der Waals surface area (Å²) in [7, 11) is 1.57. The number of hydrogen-bond acceptors (Lipinski definition) is 6. The van der Waals surface area contributed by atoms with E-state index in [1.165, 1.54) is 35.6 Å². The highest BCUT2D eigenvalue weighted by atomic mass is 32.1. The number of carbonyl (C=O) groups excluding carboxylic acids is 2. The van der Waals surface area contributed by atoms with Gasteiger partial charge in [0.15, 0.2) is 0 Å². The molecule has 29 heavy (non-hydrogen) atoms. The van der Waals surface area contributed by atoms with Crippen molar-refractivity contribution in [1.82, 2.24) is 10.9 Å². The first kappa shape index (κ1) is 20.0. The molecule has 3 N–H and O–H groups in total. The lowest BCUT2D eigenvalue weighted by Crippen LogP contribution is -2.41. The van der Waals surface area contributed by atoms with Crippen LogP contribution >= 0.6 is 11.3 Å². The topological polar surface area (TPSA) is 113 Å². The molecule has 0 spiro atoms. The third kappa shape index (κ3) is 4.55. The molecule has 10 heteroatoms. The van der Waals surface area contributed by atoms with E-state index in [1.54, 1.807) is 31.3 Å². The predicted molar refractivity (Wildman–Crippen MR) is 107 cm³/mol. The van der Waals surface area contributed by atoms with Crippen molar-refractivity contribution in [2.75, 3.05) is 12.4 Å². The molecule has 0 saturated heterocycles. The van der Waals surface area contributed by atoms with Crippen molar-refractivity contribution >= 4 is 34.5 Å². The minimum absolute atomic E-state index is 0.0141. The predicted octanol–water partition coefficient (Wildman–Crippen LogP) is 3.58. The van der Waals surface area contributed by atoms with Crippen molar-refractivity contribution in [3.05, 3.63) is 81.0 Å². The molecule has 0 aliphatic heterocycles. The van der Waals surface area contributed by atoms with Gasteiger partial charge in [-0.05, 0) is 35.9 Å². The Balaban J connectivity index is 1.69. The number of nitro groups is 1. The van der Waals surface area contributed by atoms with Gasteiger partial charge in [0.1, 0.15) is 5.82 Å². The van der Waals surface area contributed by atoms with Gasteiger partial charge in [-0.15, -0.1) is 11.3 Å². The second-order valence-corrected chi connectivity index (χ2v) is 6.90. The van der Waals surface area contributed by atoms with Gasteiger partial charge in [-0.2, -0.15) is 0 Å². The number of nitro benzene ring substituents is 1. The van der Waals surface area contributed by atoms with Crippen molar-refractivity contribution in [2.24, 2.45) is 0 Å². The summed E-state index contributed by atoms with van der Waals surface area (Å²) in [5.74, 6) is -1.61. The Morgan fingerprint density at radius 1 is 1.00 bits per heavy atom. The molecule has 3 rings (SSSR count). The molecule has 1 aromatic heterocycles. The maximum atomic E-state index is 13.0. The molecule has 0 aliphatic rings. The molecule has 0 aliphatic carbocycles. The van der Waals surface area contributed by atoms with Gasteiger partial charge in [-0.3, -0.25) is 30.6 Å². The van der Waals surface area contributed by atoms with Crippen LogP contribution in [0.15, 0.2) is 54.6 Å². The molecule has 0 saturated carbocycles. The van der Waals surface area contributed by atoms with Crippen LogP contribution in [0.5, 0.6) is 0 Å². The normalized spacial score (nSPS) is 10.3. The van der Waals surface area contributed by atoms with E-state index in [2.05, 4.69) is 16.2 Å². The molecule has 0 atom stereocenters. The van der Waals surface area contributed by atoms with Crippen LogP contribution in [0.2, 0.25) is 0 Å². The van der Waals surface area contributed by atoms with Gasteiger partial charge in [0.05, 0.1) is 15.4 Å². The maximum absolute atomic E-state index is 13.0. The number of rotatable bonds is 5. The smallest absolute Gasteiger partial charge is 0.279 e. The van der Waals surface area contributed by atoms with Crippen LogP contribution in [-0.2, 0) is 0 Å². The number of nitrogens with zero attached hydrogens (tertiary/aromatic N) is 1. The number of halogens is 1. The number of carbonyl (C=O) groups is 2. The number of thiophene rings is 1. The summed E-state index contributed by atoms with van der Waals surface area (Å²) in [4.78, 5) is 36.1. The van der Waals surface area contributed by atoms with Gasteiger partial charge >= 0.3 is 0 Å². The lowest BCUT2D eigenvalue weighted by atomic mass is 10.1. The Bertz CT molecular complexity index is 1080. The van der Waals surface area contributed by atoms with E-state index in [4.69, 9.17) is 0 Å². The first-order chi connectivity index (χ1) is 13.9. The minimum Gasteiger partial charge on any atom is -0.387 e. The van der Waals surface area contributed by atoms with Gasteiger partial charge in [0.25, 0.3) is 17.5 Å². The highest BCUT2D eigenvalue weighted by molar-refractivity contribution is 7.17. The first-order valence-corrected chi connectivity index (χ1v) is 9.13. The van der Waals surface area contributed by atoms with Crippen LogP contribution < -0.4 is 16.2 Å². The molecular formula is C19H15FN4O4S. The second-order valence-electron chi connectivity index (χ2n) is 5.82. The van der Waals surface area contributed by atoms with Crippen LogP contribution in [0.4, 0.5) is 15.8 Å². The zero-order chi connectivity index (χ0) is 21.0. The van der Waals surface area contributed by atoms with Gasteiger partial charge in [0, 0.05) is 29.7 Å². The molecule has 2 amide bonds. The van der Waals surface area contributed by atoms with E-state index in [-0.39, 0.29) is 17.1 Å². The van der Waals surface area contributed by atoms with E-state index >= 15 is 0 Å². The quantitative estimate of drug-likeness (QED) is 0.436. The number of hydrazine groups is 1. The molecular weight excluding hydrogens is 399 g/mol. The zero-order valence-corrected chi connectivity index (χ0v) is 15.9. The van der Waals surface area contributed by atoms with Gasteiger partial charge in [-0.25, -0.2) is 4.39 Å². The van der Waals surface area contributed by atoms with Crippen molar-refractivity contribution < 1.29 is 18.9 Å². The van der Waals surface area contributed by atoms with Crippen molar-refractivity contribution in [2.45, 2.75) is 0 Å². The maximum Gasteiger partial charge on any atom is 0.279 e. The summed E-state index contributed by atoms with van der Waals surface area (Å²) in [6, 6.07) is 12.9. The summed E-state index contributed by atoms with van der Waals surface area (Å²) in [6.45, 7) is 0. The number of hydrogen-bond donors (Lipinski definition) is 3. The van der Waals surface area contributed by atoms with Crippen LogP contribution in [0, 0.1) is 15.9 Å². The highest BCUT2D eigenvalue weighted by Gasteiger charge is 2.18. The van der Waals surface area contributed by atoms with Crippen molar-refractivity contribution in [1.29, 1.82) is 0 Å². The van der Waals surface area contributed by atoms with Crippen LogP contribution in [0.3, 0.4) is 0 Å². The Morgan fingerprint density at radius 3 is 2.34 bits per heavy atom. The number of amides is 2. The average molecular weight is 414 g/mol. The lowest BCUT2D eigenvalue weighted by Gasteiger charge is -2.10. The van der Waals surface area contributed by atoms with Gasteiger partial charge < -0.3 is 5.32 Å². The Labute approximate surface area is 168 Å². The second kappa shape index (κ2) is 8.48. The zero-order valence-electron chi connectivity index (χ0n) is 15.1. The molecule has 0 fully saturated rings. The standard InChI is InChI=1S/C19H15FN4O4S/c1-21-15-7-6-13(24(27)28)10-14(15)18(25)22-23-19(26)17-9-8-16(29-17)11-2-4-12(20)5-3-11/h2-10,21H,1H3,(H,22,25)(H,23,26). The van der Waals surface area contributed by atoms with Crippen molar-refractivity contribution in [3.63, 3.8) is 0 Å². The van der Waals surface area contributed by atoms with Crippen LogP contribution in [0.1, 0.15) is 20.0 Å². The summed E-state index contributed by atoms with van der Waals surface area (Å²) < 4.78 is 13.0. The molecule has 1 heterocycles.